The van der Waals surface area contributed by atoms with Crippen molar-refractivity contribution in [2.75, 3.05) is 36.5 Å². The van der Waals surface area contributed by atoms with Crippen molar-refractivity contribution in [3.05, 3.63) is 18.1 Å². The van der Waals surface area contributed by atoms with E-state index < -0.39 is 9.84 Å². The molecule has 1 aromatic heterocycles. The van der Waals surface area contributed by atoms with Crippen molar-refractivity contribution in [3.8, 4) is 0 Å². The Morgan fingerprint density at radius 3 is 2.76 bits per heavy atom. The van der Waals surface area contributed by atoms with E-state index in [1.54, 1.807) is 4.90 Å². The number of carbonyl (C=O) groups is 1. The summed E-state index contributed by atoms with van der Waals surface area (Å²) in [6.07, 6.45) is 5.76. The molecule has 9 heteroatoms. The Labute approximate surface area is 147 Å². The normalized spacial score (nSPS) is 25.0. The minimum atomic E-state index is -3.04. The van der Waals surface area contributed by atoms with E-state index in [9.17, 15) is 13.2 Å². The van der Waals surface area contributed by atoms with Crippen molar-refractivity contribution in [1.82, 2.24) is 14.9 Å². The molecular formula is C16H24N4O4S. The molecule has 0 aliphatic carbocycles. The second-order valence-corrected chi connectivity index (χ2v) is 8.68. The van der Waals surface area contributed by atoms with E-state index in [1.165, 1.54) is 12.4 Å². The summed E-state index contributed by atoms with van der Waals surface area (Å²) >= 11 is 0. The lowest BCUT2D eigenvalue weighted by molar-refractivity contribution is 0.0702. The van der Waals surface area contributed by atoms with Crippen LogP contribution in [0.25, 0.3) is 0 Å². The minimum absolute atomic E-state index is 0.0288. The Bertz CT molecular complexity index is 701. The highest BCUT2D eigenvalue weighted by atomic mass is 32.2. The van der Waals surface area contributed by atoms with E-state index in [4.69, 9.17) is 4.74 Å². The van der Waals surface area contributed by atoms with E-state index in [0.717, 1.165) is 19.4 Å². The summed E-state index contributed by atoms with van der Waals surface area (Å²) in [6.45, 7) is 3.76. The molecule has 0 spiro atoms. The van der Waals surface area contributed by atoms with Crippen molar-refractivity contribution in [3.63, 3.8) is 0 Å². The highest BCUT2D eigenvalue weighted by molar-refractivity contribution is 7.91. The lowest BCUT2D eigenvalue weighted by Gasteiger charge is -2.26. The molecule has 2 fully saturated rings. The summed E-state index contributed by atoms with van der Waals surface area (Å²) in [4.78, 5) is 22.6. The van der Waals surface area contributed by atoms with Crippen molar-refractivity contribution in [1.29, 1.82) is 0 Å². The molecule has 3 heterocycles. The number of anilines is 1. The molecule has 3 rings (SSSR count). The van der Waals surface area contributed by atoms with Crippen molar-refractivity contribution in [2.24, 2.45) is 0 Å². The molecule has 2 saturated heterocycles. The average Bonchev–Trinajstić information content (AvgIpc) is 3.23. The van der Waals surface area contributed by atoms with Crippen LogP contribution in [0.15, 0.2) is 12.4 Å². The fourth-order valence-corrected chi connectivity index (χ4v) is 5.02. The van der Waals surface area contributed by atoms with Gasteiger partial charge in [-0.15, -0.1) is 0 Å². The monoisotopic (exact) mass is 368 g/mol. The van der Waals surface area contributed by atoms with Gasteiger partial charge in [-0.2, -0.15) is 0 Å². The van der Waals surface area contributed by atoms with Crippen LogP contribution in [-0.2, 0) is 14.6 Å². The number of ether oxygens (including phenoxy) is 1. The molecule has 1 N–H and O–H groups in total. The van der Waals surface area contributed by atoms with Gasteiger partial charge < -0.3 is 15.0 Å². The smallest absolute Gasteiger partial charge is 0.274 e. The summed E-state index contributed by atoms with van der Waals surface area (Å²) < 4.78 is 28.9. The van der Waals surface area contributed by atoms with E-state index in [1.807, 2.05) is 6.92 Å². The van der Waals surface area contributed by atoms with Crippen LogP contribution in [-0.4, -0.2) is 72.5 Å². The lowest BCUT2D eigenvalue weighted by Crippen LogP contribution is -2.41. The molecule has 25 heavy (non-hydrogen) atoms. The molecule has 138 valence electrons. The van der Waals surface area contributed by atoms with Crippen LogP contribution >= 0.6 is 0 Å². The minimum Gasteiger partial charge on any atom is -0.376 e. The Balaban J connectivity index is 1.61. The molecule has 2 unspecified atom stereocenters. The highest BCUT2D eigenvalue weighted by Gasteiger charge is 2.34. The number of hydrogen-bond donors (Lipinski definition) is 1. The number of amides is 1. The van der Waals surface area contributed by atoms with Crippen LogP contribution in [0.2, 0.25) is 0 Å². The van der Waals surface area contributed by atoms with Crippen LogP contribution in [0.1, 0.15) is 36.7 Å². The van der Waals surface area contributed by atoms with Gasteiger partial charge >= 0.3 is 0 Å². The van der Waals surface area contributed by atoms with Gasteiger partial charge in [0, 0.05) is 25.7 Å². The number of nitrogens with zero attached hydrogens (tertiary/aromatic N) is 3. The number of nitrogens with one attached hydrogen (secondary N) is 1. The van der Waals surface area contributed by atoms with Gasteiger partial charge in [-0.05, 0) is 26.2 Å². The van der Waals surface area contributed by atoms with E-state index in [-0.39, 0.29) is 35.3 Å². The third-order valence-electron chi connectivity index (χ3n) is 4.66. The molecule has 0 bridgehead atoms. The molecule has 2 aliphatic heterocycles. The van der Waals surface area contributed by atoms with E-state index in [2.05, 4.69) is 15.3 Å². The van der Waals surface area contributed by atoms with Crippen molar-refractivity contribution >= 4 is 21.6 Å². The summed E-state index contributed by atoms with van der Waals surface area (Å²) in [7, 11) is -3.04. The number of carbonyl (C=O) groups excluding carboxylic acids is 1. The fourth-order valence-electron chi connectivity index (χ4n) is 3.29. The molecule has 2 atom stereocenters. The predicted molar refractivity (Wildman–Crippen MR) is 93.3 cm³/mol. The van der Waals surface area contributed by atoms with E-state index >= 15 is 0 Å². The van der Waals surface area contributed by atoms with Crippen molar-refractivity contribution in [2.45, 2.75) is 38.3 Å². The van der Waals surface area contributed by atoms with Crippen LogP contribution in [0.4, 0.5) is 5.82 Å². The highest BCUT2D eigenvalue weighted by Crippen LogP contribution is 2.19. The van der Waals surface area contributed by atoms with Gasteiger partial charge in [0.05, 0.1) is 30.0 Å². The number of aromatic nitrogens is 2. The maximum absolute atomic E-state index is 12.6. The van der Waals surface area contributed by atoms with Gasteiger partial charge in [0.2, 0.25) is 0 Å². The van der Waals surface area contributed by atoms with Crippen LogP contribution in [0.5, 0.6) is 0 Å². The molecule has 8 nitrogen and oxygen atoms in total. The zero-order chi connectivity index (χ0) is 17.9. The van der Waals surface area contributed by atoms with Gasteiger partial charge in [-0.25, -0.2) is 18.4 Å². The second kappa shape index (κ2) is 7.65. The first-order valence-corrected chi connectivity index (χ1v) is 10.5. The zero-order valence-electron chi connectivity index (χ0n) is 14.3. The molecule has 1 aromatic rings. The first-order valence-electron chi connectivity index (χ1n) is 8.67. The molecule has 2 aliphatic rings. The standard InChI is InChI=1S/C16H24N4O4S/c1-2-20(12-5-7-25(22,23)11-12)16(21)14-9-19-15(10-17-14)18-8-13-4-3-6-24-13/h9-10,12-13H,2-8,11H2,1H3,(H,18,19). The zero-order valence-corrected chi connectivity index (χ0v) is 15.2. The third-order valence-corrected chi connectivity index (χ3v) is 6.41. The maximum atomic E-state index is 12.6. The third kappa shape index (κ3) is 4.46. The van der Waals surface area contributed by atoms with Crippen LogP contribution < -0.4 is 5.32 Å². The fraction of sp³-hybridized carbons (Fsp3) is 0.688. The molecule has 0 saturated carbocycles. The summed E-state index contributed by atoms with van der Waals surface area (Å²) in [5.41, 5.74) is 0.230. The van der Waals surface area contributed by atoms with Crippen LogP contribution in [0, 0.1) is 0 Å². The van der Waals surface area contributed by atoms with Crippen molar-refractivity contribution < 1.29 is 17.9 Å². The quantitative estimate of drug-likeness (QED) is 0.789. The molecular weight excluding hydrogens is 344 g/mol. The van der Waals surface area contributed by atoms with Gasteiger partial charge in [-0.3, -0.25) is 4.79 Å². The number of rotatable bonds is 6. The Morgan fingerprint density at radius 1 is 1.36 bits per heavy atom. The molecule has 0 radical (unpaired) electrons. The first kappa shape index (κ1) is 18.1. The van der Waals surface area contributed by atoms with Crippen LogP contribution in [0.3, 0.4) is 0 Å². The van der Waals surface area contributed by atoms with Gasteiger partial charge in [-0.1, -0.05) is 0 Å². The largest absolute Gasteiger partial charge is 0.376 e. The summed E-state index contributed by atoms with van der Waals surface area (Å²) in [5, 5.41) is 3.16. The van der Waals surface area contributed by atoms with Gasteiger partial charge in [0.1, 0.15) is 11.5 Å². The average molecular weight is 368 g/mol. The summed E-state index contributed by atoms with van der Waals surface area (Å²) in [6, 6.07) is -0.276. The topological polar surface area (TPSA) is 101 Å². The number of sulfone groups is 1. The Hall–Kier alpha value is -1.74. The maximum Gasteiger partial charge on any atom is 0.274 e. The lowest BCUT2D eigenvalue weighted by atomic mass is 10.2. The van der Waals surface area contributed by atoms with E-state index in [0.29, 0.717) is 25.3 Å². The van der Waals surface area contributed by atoms with Gasteiger partial charge in [0.25, 0.3) is 5.91 Å². The predicted octanol–water partition coefficient (Wildman–Crippen LogP) is 0.717. The number of hydrogen-bond acceptors (Lipinski definition) is 7. The molecule has 0 aromatic carbocycles. The Morgan fingerprint density at radius 2 is 2.20 bits per heavy atom. The second-order valence-electron chi connectivity index (χ2n) is 6.45. The summed E-state index contributed by atoms with van der Waals surface area (Å²) in [5.74, 6) is 0.488. The molecule has 1 amide bonds. The SMILES string of the molecule is CCN(C(=O)c1cnc(NCC2CCCO2)cn1)C1CCS(=O)(=O)C1. The Kier molecular flexibility index (Phi) is 5.53. The van der Waals surface area contributed by atoms with Gasteiger partial charge in [0.15, 0.2) is 9.84 Å². The first-order chi connectivity index (χ1) is 12.0.